The molecule has 1 amide bonds. The van der Waals surface area contributed by atoms with Gasteiger partial charge in [0.2, 0.25) is 0 Å². The molecule has 45 heavy (non-hydrogen) atoms. The molecule has 0 aromatic heterocycles. The average molecular weight is 624 g/mol. The summed E-state index contributed by atoms with van der Waals surface area (Å²) in [6, 6.07) is 37.8. The molecular weight excluding hydrogens is 582 g/mol. The molecule has 5 rings (SSSR count). The van der Waals surface area contributed by atoms with Gasteiger partial charge in [0.15, 0.2) is 0 Å². The van der Waals surface area contributed by atoms with Crippen LogP contribution < -0.4 is 15.7 Å². The molecule has 234 valence electrons. The Labute approximate surface area is 266 Å². The average Bonchev–Trinajstić information content (AvgIpc) is 3.06. The molecule has 1 fully saturated rings. The van der Waals surface area contributed by atoms with E-state index in [9.17, 15) is 14.7 Å². The zero-order valence-electron chi connectivity index (χ0n) is 26.0. The van der Waals surface area contributed by atoms with Crippen molar-refractivity contribution in [2.24, 2.45) is 0 Å². The van der Waals surface area contributed by atoms with Crippen molar-refractivity contribution in [3.8, 4) is 0 Å². The first-order valence-corrected chi connectivity index (χ1v) is 17.3. The molecular formula is C37H41NO6Si. The summed E-state index contributed by atoms with van der Waals surface area (Å²) in [5, 5.41) is 16.6. The Kier molecular flexibility index (Phi) is 10.2. The van der Waals surface area contributed by atoms with E-state index in [2.05, 4.69) is 50.4 Å². The normalized spacial score (nSPS) is 20.2. The lowest BCUT2D eigenvalue weighted by atomic mass is 9.87. The lowest BCUT2D eigenvalue weighted by molar-refractivity contribution is -0.0977. The number of nitrogens with one attached hydrogen (secondary N) is 1. The minimum atomic E-state index is -3.17. The SMILES string of the molecule is CC(C)(C)[Si](O[C@@H]1C(NC(=O)OCc2ccccc2)CC[C@H](OC(=O)c2ccccc2)[C@H]1O)(c1ccccc1)c1ccccc1. The van der Waals surface area contributed by atoms with Crippen LogP contribution >= 0.6 is 0 Å². The van der Waals surface area contributed by atoms with Gasteiger partial charge in [-0.25, -0.2) is 9.59 Å². The van der Waals surface area contributed by atoms with Crippen molar-refractivity contribution in [2.45, 2.75) is 69.6 Å². The molecule has 1 aliphatic carbocycles. The maximum atomic E-state index is 13.1. The molecule has 4 aromatic carbocycles. The predicted octanol–water partition coefficient (Wildman–Crippen LogP) is 5.61. The van der Waals surface area contributed by atoms with Gasteiger partial charge < -0.3 is 24.3 Å². The molecule has 0 radical (unpaired) electrons. The topological polar surface area (TPSA) is 94.1 Å². The predicted molar refractivity (Wildman–Crippen MR) is 177 cm³/mol. The maximum absolute atomic E-state index is 13.1. The van der Waals surface area contributed by atoms with Gasteiger partial charge >= 0.3 is 12.1 Å². The highest BCUT2D eigenvalue weighted by Gasteiger charge is 2.55. The van der Waals surface area contributed by atoms with Gasteiger partial charge in [0.25, 0.3) is 8.32 Å². The Morgan fingerprint density at radius 2 is 1.29 bits per heavy atom. The lowest BCUT2D eigenvalue weighted by Crippen LogP contribution is -2.71. The smallest absolute Gasteiger partial charge is 0.407 e. The van der Waals surface area contributed by atoms with Crippen molar-refractivity contribution >= 4 is 30.8 Å². The number of hydrogen-bond acceptors (Lipinski definition) is 6. The summed E-state index contributed by atoms with van der Waals surface area (Å²) >= 11 is 0. The van der Waals surface area contributed by atoms with Crippen LogP contribution in [0.4, 0.5) is 4.79 Å². The van der Waals surface area contributed by atoms with Crippen molar-refractivity contribution in [2.75, 3.05) is 0 Å². The number of esters is 1. The molecule has 0 spiro atoms. The Balaban J connectivity index is 1.49. The number of carbonyl (C=O) groups is 2. The Hall–Kier alpha value is -4.24. The van der Waals surface area contributed by atoms with Crippen LogP contribution in [0.25, 0.3) is 0 Å². The zero-order valence-corrected chi connectivity index (χ0v) is 27.0. The first-order chi connectivity index (χ1) is 21.7. The van der Waals surface area contributed by atoms with Crippen LogP contribution in [0.15, 0.2) is 121 Å². The van der Waals surface area contributed by atoms with Crippen LogP contribution in [0.3, 0.4) is 0 Å². The summed E-state index contributed by atoms with van der Waals surface area (Å²) in [6.45, 7) is 6.56. The minimum Gasteiger partial charge on any atom is -0.456 e. The van der Waals surface area contributed by atoms with Gasteiger partial charge in [-0.05, 0) is 45.9 Å². The standard InChI is InChI=1S/C37H41NO6Si/c1-37(2,3)45(29-20-12-6-13-21-29,30-22-14-7-15-23-30)44-34-31(38-36(41)42-26-27-16-8-4-9-17-27)24-25-32(33(34)39)43-35(40)28-18-10-5-11-19-28/h4-23,31-34,39H,24-26H2,1-3H3,(H,38,41)/t31?,32-,33+,34+/m0/s1. The zero-order chi connectivity index (χ0) is 31.9. The highest BCUT2D eigenvalue weighted by molar-refractivity contribution is 6.99. The molecule has 4 atom stereocenters. The van der Waals surface area contributed by atoms with Crippen molar-refractivity contribution in [1.29, 1.82) is 0 Å². The second-order valence-corrected chi connectivity index (χ2v) is 16.7. The summed E-state index contributed by atoms with van der Waals surface area (Å²) < 4.78 is 18.8. The second-order valence-electron chi connectivity index (χ2n) is 12.4. The van der Waals surface area contributed by atoms with Crippen LogP contribution in [-0.4, -0.2) is 49.8 Å². The molecule has 0 saturated heterocycles. The van der Waals surface area contributed by atoms with Gasteiger partial charge in [0.1, 0.15) is 18.8 Å². The highest BCUT2D eigenvalue weighted by atomic mass is 28.4. The number of rotatable bonds is 9. The third kappa shape index (κ3) is 7.36. The second kappa shape index (κ2) is 14.2. The van der Waals surface area contributed by atoms with Crippen molar-refractivity contribution < 1.29 is 28.6 Å². The lowest BCUT2D eigenvalue weighted by Gasteiger charge is -2.49. The molecule has 0 bridgehead atoms. The fraction of sp³-hybridized carbons (Fsp3) is 0.297. The number of aliphatic hydroxyl groups is 1. The Morgan fingerprint density at radius 3 is 1.82 bits per heavy atom. The van der Waals surface area contributed by atoms with E-state index in [0.29, 0.717) is 18.4 Å². The largest absolute Gasteiger partial charge is 0.456 e. The van der Waals surface area contributed by atoms with Crippen LogP contribution in [0, 0.1) is 0 Å². The van der Waals surface area contributed by atoms with Crippen LogP contribution in [0.2, 0.25) is 5.04 Å². The van der Waals surface area contributed by atoms with E-state index in [1.807, 2.05) is 72.8 Å². The Bertz CT molecular complexity index is 1490. The quantitative estimate of drug-likeness (QED) is 0.186. The van der Waals surface area contributed by atoms with E-state index < -0.39 is 44.7 Å². The first kappa shape index (κ1) is 32.2. The summed E-state index contributed by atoms with van der Waals surface area (Å²) in [7, 11) is -3.17. The number of carbonyl (C=O) groups excluding carboxylic acids is 2. The number of alkyl carbamates (subject to hydrolysis) is 1. The van der Waals surface area contributed by atoms with Crippen molar-refractivity contribution in [1.82, 2.24) is 5.32 Å². The number of aliphatic hydroxyl groups excluding tert-OH is 1. The maximum Gasteiger partial charge on any atom is 0.407 e. The molecule has 8 heteroatoms. The molecule has 4 aromatic rings. The van der Waals surface area contributed by atoms with Gasteiger partial charge in [-0.15, -0.1) is 0 Å². The van der Waals surface area contributed by atoms with Crippen molar-refractivity contribution in [3.05, 3.63) is 132 Å². The molecule has 7 nitrogen and oxygen atoms in total. The van der Waals surface area contributed by atoms with Crippen LogP contribution in [0.1, 0.15) is 49.5 Å². The van der Waals surface area contributed by atoms with E-state index in [0.717, 1.165) is 15.9 Å². The van der Waals surface area contributed by atoms with Gasteiger partial charge in [0.05, 0.1) is 17.7 Å². The minimum absolute atomic E-state index is 0.111. The number of benzene rings is 4. The molecule has 1 aliphatic rings. The fourth-order valence-corrected chi connectivity index (χ4v) is 10.9. The van der Waals surface area contributed by atoms with E-state index in [-0.39, 0.29) is 11.6 Å². The summed E-state index contributed by atoms with van der Waals surface area (Å²) in [5.74, 6) is -0.516. The number of ether oxygens (including phenoxy) is 2. The molecule has 0 aliphatic heterocycles. The van der Waals surface area contributed by atoms with Gasteiger partial charge in [-0.1, -0.05) is 130 Å². The van der Waals surface area contributed by atoms with Gasteiger partial charge in [0, 0.05) is 0 Å². The third-order valence-corrected chi connectivity index (χ3v) is 13.4. The van der Waals surface area contributed by atoms with Gasteiger partial charge in [-0.2, -0.15) is 0 Å². The molecule has 2 N–H and O–H groups in total. The highest BCUT2D eigenvalue weighted by Crippen LogP contribution is 2.40. The van der Waals surface area contributed by atoms with E-state index in [1.54, 1.807) is 24.3 Å². The fourth-order valence-electron chi connectivity index (χ4n) is 6.15. The number of amides is 1. The summed E-state index contributed by atoms with van der Waals surface area (Å²) in [6.07, 6.45) is -2.81. The van der Waals surface area contributed by atoms with Crippen LogP contribution in [-0.2, 0) is 20.5 Å². The molecule has 0 heterocycles. The van der Waals surface area contributed by atoms with Crippen LogP contribution in [0.5, 0.6) is 0 Å². The van der Waals surface area contributed by atoms with Crippen molar-refractivity contribution in [3.63, 3.8) is 0 Å². The van der Waals surface area contributed by atoms with E-state index in [1.165, 1.54) is 0 Å². The molecule has 1 unspecified atom stereocenters. The van der Waals surface area contributed by atoms with Gasteiger partial charge in [-0.3, -0.25) is 0 Å². The molecule has 1 saturated carbocycles. The van der Waals surface area contributed by atoms with E-state index in [4.69, 9.17) is 13.9 Å². The van der Waals surface area contributed by atoms with E-state index >= 15 is 0 Å². The summed E-state index contributed by atoms with van der Waals surface area (Å²) in [5.41, 5.74) is 1.27. The first-order valence-electron chi connectivity index (χ1n) is 15.4. The summed E-state index contributed by atoms with van der Waals surface area (Å²) in [4.78, 5) is 26.2. The number of hydrogen-bond donors (Lipinski definition) is 2. The monoisotopic (exact) mass is 623 g/mol. The third-order valence-electron chi connectivity index (χ3n) is 8.39. The Morgan fingerprint density at radius 1 is 0.778 bits per heavy atom.